The number of carbonyl (C=O) groups excluding carboxylic acids is 1. The van der Waals surface area contributed by atoms with E-state index in [1.54, 1.807) is 12.1 Å². The zero-order valence-corrected chi connectivity index (χ0v) is 14.3. The number of anilines is 2. The van der Waals surface area contributed by atoms with Gasteiger partial charge in [0.2, 0.25) is 0 Å². The van der Waals surface area contributed by atoms with E-state index in [-0.39, 0.29) is 17.2 Å². The first-order valence-electron chi connectivity index (χ1n) is 8.63. The second-order valence-electron chi connectivity index (χ2n) is 6.53. The van der Waals surface area contributed by atoms with Gasteiger partial charge in [0.1, 0.15) is 0 Å². The number of aromatic nitrogens is 2. The monoisotopic (exact) mass is 374 g/mol. The molecule has 1 aliphatic heterocycles. The first kappa shape index (κ1) is 17.4. The van der Waals surface area contributed by atoms with Crippen LogP contribution in [0.15, 0.2) is 42.5 Å². The highest BCUT2D eigenvalue weighted by Crippen LogP contribution is 2.32. The Bertz CT molecular complexity index is 973. The molecule has 140 valence electrons. The molecular formula is C19H17F3N4O. The zero-order valence-electron chi connectivity index (χ0n) is 14.3. The third-order valence-electron chi connectivity index (χ3n) is 4.72. The molecule has 0 aliphatic carbocycles. The molecule has 0 radical (unpaired) electrons. The van der Waals surface area contributed by atoms with Gasteiger partial charge in [-0.05, 0) is 55.3 Å². The second-order valence-corrected chi connectivity index (χ2v) is 6.53. The number of hydrogen-bond acceptors (Lipinski definition) is 3. The van der Waals surface area contributed by atoms with Crippen molar-refractivity contribution in [1.29, 1.82) is 0 Å². The quantitative estimate of drug-likeness (QED) is 0.713. The third-order valence-corrected chi connectivity index (χ3v) is 4.72. The summed E-state index contributed by atoms with van der Waals surface area (Å²) in [6, 6.07) is 10.5. The summed E-state index contributed by atoms with van der Waals surface area (Å²) in [5.41, 5.74) is 0.980. The van der Waals surface area contributed by atoms with Gasteiger partial charge < -0.3 is 10.2 Å². The molecule has 5 nitrogen and oxygen atoms in total. The number of benzene rings is 2. The smallest absolute Gasteiger partial charge is 0.372 e. The van der Waals surface area contributed by atoms with Gasteiger partial charge in [-0.2, -0.15) is 18.3 Å². The molecule has 1 fully saturated rings. The minimum Gasteiger partial charge on any atom is -0.372 e. The molecule has 2 aromatic carbocycles. The van der Waals surface area contributed by atoms with E-state index < -0.39 is 11.7 Å². The van der Waals surface area contributed by atoms with Crippen LogP contribution in [0.4, 0.5) is 24.7 Å². The molecule has 4 rings (SSSR count). The Labute approximate surface area is 153 Å². The van der Waals surface area contributed by atoms with Crippen LogP contribution in [0.25, 0.3) is 10.9 Å². The van der Waals surface area contributed by atoms with E-state index in [1.807, 2.05) is 12.1 Å². The number of hydrogen-bond donors (Lipinski definition) is 2. The van der Waals surface area contributed by atoms with Crippen molar-refractivity contribution in [1.82, 2.24) is 10.2 Å². The summed E-state index contributed by atoms with van der Waals surface area (Å²) in [4.78, 5) is 14.7. The van der Waals surface area contributed by atoms with Crippen molar-refractivity contribution >= 4 is 28.3 Å². The maximum atomic E-state index is 12.8. The highest BCUT2D eigenvalue weighted by Gasteiger charge is 2.31. The number of alkyl halides is 3. The van der Waals surface area contributed by atoms with Crippen LogP contribution in [0.5, 0.6) is 0 Å². The molecule has 1 aliphatic rings. The van der Waals surface area contributed by atoms with E-state index in [4.69, 9.17) is 0 Å². The molecule has 1 saturated heterocycles. The van der Waals surface area contributed by atoms with Crippen LogP contribution in [0.1, 0.15) is 28.8 Å². The van der Waals surface area contributed by atoms with Crippen LogP contribution in [0.3, 0.4) is 0 Å². The molecule has 0 spiro atoms. The van der Waals surface area contributed by atoms with E-state index in [0.29, 0.717) is 10.9 Å². The second kappa shape index (κ2) is 6.61. The van der Waals surface area contributed by atoms with Gasteiger partial charge in [0, 0.05) is 29.7 Å². The summed E-state index contributed by atoms with van der Waals surface area (Å²) in [5, 5.41) is 9.54. The van der Waals surface area contributed by atoms with Crippen LogP contribution >= 0.6 is 0 Å². The molecule has 1 aromatic heterocycles. The van der Waals surface area contributed by atoms with Gasteiger partial charge in [0.05, 0.1) is 11.1 Å². The Morgan fingerprint density at radius 3 is 2.44 bits per heavy atom. The van der Waals surface area contributed by atoms with Crippen molar-refractivity contribution in [2.75, 3.05) is 23.3 Å². The van der Waals surface area contributed by atoms with E-state index in [2.05, 4.69) is 20.4 Å². The number of fused-ring (bicyclic) bond motifs is 1. The van der Waals surface area contributed by atoms with E-state index in [1.165, 1.54) is 18.9 Å². The number of rotatable bonds is 3. The molecule has 2 N–H and O–H groups in total. The predicted octanol–water partition coefficient (Wildman–Crippen LogP) is 4.43. The van der Waals surface area contributed by atoms with E-state index in [0.717, 1.165) is 30.9 Å². The zero-order chi connectivity index (χ0) is 19.0. The van der Waals surface area contributed by atoms with Crippen molar-refractivity contribution < 1.29 is 18.0 Å². The summed E-state index contributed by atoms with van der Waals surface area (Å²) >= 11 is 0. The van der Waals surface area contributed by atoms with Crippen molar-refractivity contribution in [2.45, 2.75) is 19.0 Å². The normalized spacial score (nSPS) is 14.7. The lowest BCUT2D eigenvalue weighted by Crippen LogP contribution is -2.18. The number of carbonyl (C=O) groups is 1. The van der Waals surface area contributed by atoms with Crippen LogP contribution in [0.2, 0.25) is 0 Å². The number of halogens is 3. The third kappa shape index (κ3) is 3.47. The largest absolute Gasteiger partial charge is 0.416 e. The maximum absolute atomic E-state index is 12.8. The molecule has 0 atom stereocenters. The first-order valence-corrected chi connectivity index (χ1v) is 8.63. The lowest BCUT2D eigenvalue weighted by molar-refractivity contribution is -0.137. The van der Waals surface area contributed by atoms with Crippen molar-refractivity contribution in [3.63, 3.8) is 0 Å². The Hall–Kier alpha value is -3.03. The van der Waals surface area contributed by atoms with Gasteiger partial charge in [0.15, 0.2) is 5.82 Å². The highest BCUT2D eigenvalue weighted by molar-refractivity contribution is 6.08. The molecule has 8 heteroatoms. The summed E-state index contributed by atoms with van der Waals surface area (Å²) < 4.78 is 38.4. The number of aromatic amines is 1. The fourth-order valence-electron chi connectivity index (χ4n) is 3.27. The number of H-pyrrole nitrogens is 1. The van der Waals surface area contributed by atoms with Crippen LogP contribution in [-0.4, -0.2) is 29.2 Å². The fraction of sp³-hybridized carbons (Fsp3) is 0.263. The van der Waals surface area contributed by atoms with Gasteiger partial charge in [-0.15, -0.1) is 0 Å². The molecular weight excluding hydrogens is 357 g/mol. The summed E-state index contributed by atoms with van der Waals surface area (Å²) in [6.07, 6.45) is -2.09. The average Bonchev–Trinajstić information content (AvgIpc) is 3.31. The van der Waals surface area contributed by atoms with Crippen LogP contribution in [0, 0.1) is 0 Å². The van der Waals surface area contributed by atoms with Crippen molar-refractivity contribution in [3.05, 3.63) is 53.6 Å². The standard InChI is InChI=1S/C19H17F3N4O/c20-19(21,22)13-5-8-15-16(11-13)24-25-17(15)23-18(27)12-3-6-14(7-4-12)26-9-1-2-10-26/h3-8,11H,1-2,9-10H2,(H2,23,24,25,27). The lowest BCUT2D eigenvalue weighted by atomic mass is 10.1. The number of amides is 1. The first-order chi connectivity index (χ1) is 12.9. The SMILES string of the molecule is O=C(Nc1n[nH]c2cc(C(F)(F)F)ccc12)c1ccc(N2CCCC2)cc1. The van der Waals surface area contributed by atoms with E-state index in [9.17, 15) is 18.0 Å². The van der Waals surface area contributed by atoms with Crippen molar-refractivity contribution in [2.24, 2.45) is 0 Å². The molecule has 27 heavy (non-hydrogen) atoms. The minimum atomic E-state index is -4.43. The Morgan fingerprint density at radius 2 is 1.78 bits per heavy atom. The Morgan fingerprint density at radius 1 is 1.07 bits per heavy atom. The molecule has 0 bridgehead atoms. The van der Waals surface area contributed by atoms with E-state index >= 15 is 0 Å². The van der Waals surface area contributed by atoms with Crippen LogP contribution < -0.4 is 10.2 Å². The Kier molecular flexibility index (Phi) is 4.25. The molecule has 3 aromatic rings. The van der Waals surface area contributed by atoms with Gasteiger partial charge >= 0.3 is 6.18 Å². The topological polar surface area (TPSA) is 61.0 Å². The molecule has 0 unspecified atom stereocenters. The number of nitrogens with one attached hydrogen (secondary N) is 2. The van der Waals surface area contributed by atoms with Gasteiger partial charge in [-0.1, -0.05) is 0 Å². The average molecular weight is 374 g/mol. The summed E-state index contributed by atoms with van der Waals surface area (Å²) in [7, 11) is 0. The Balaban J connectivity index is 1.52. The van der Waals surface area contributed by atoms with Gasteiger partial charge in [-0.25, -0.2) is 0 Å². The van der Waals surface area contributed by atoms with Crippen LogP contribution in [-0.2, 0) is 6.18 Å². The molecule has 2 heterocycles. The van der Waals surface area contributed by atoms with Crippen molar-refractivity contribution in [3.8, 4) is 0 Å². The molecule has 0 saturated carbocycles. The predicted molar refractivity (Wildman–Crippen MR) is 96.9 cm³/mol. The maximum Gasteiger partial charge on any atom is 0.416 e. The number of nitrogens with zero attached hydrogens (tertiary/aromatic N) is 2. The highest BCUT2D eigenvalue weighted by atomic mass is 19.4. The minimum absolute atomic E-state index is 0.201. The summed E-state index contributed by atoms with van der Waals surface area (Å²) in [6.45, 7) is 2.04. The molecule has 1 amide bonds. The fourth-order valence-corrected chi connectivity index (χ4v) is 3.27. The summed E-state index contributed by atoms with van der Waals surface area (Å²) in [5.74, 6) is -0.163. The van der Waals surface area contributed by atoms with Gasteiger partial charge in [0.25, 0.3) is 5.91 Å². The van der Waals surface area contributed by atoms with Gasteiger partial charge in [-0.3, -0.25) is 9.89 Å². The lowest BCUT2D eigenvalue weighted by Gasteiger charge is -2.17.